The second-order valence-corrected chi connectivity index (χ2v) is 9.08. The van der Waals surface area contributed by atoms with Crippen LogP contribution < -0.4 is 20.1 Å². The first-order chi connectivity index (χ1) is 18.4. The standard InChI is InChI=1S/C27H33FN4O6/c1-3-36-21-14-17(15-22(25(21)28)37-4-2)16-32-12-10-18(11-13-32)29-27-31-26-19(6-5-7-20(26)38-27)30-23(33)8-9-24(34)35/h5-7,14-15,18H,3-4,8-13,16H2,1-2H3,(H,29,31)(H,30,33)(H,34,35). The maximum atomic E-state index is 14.6. The lowest BCUT2D eigenvalue weighted by molar-refractivity contribution is -0.138. The van der Waals surface area contributed by atoms with E-state index in [0.717, 1.165) is 31.5 Å². The van der Waals surface area contributed by atoms with Crippen molar-refractivity contribution in [3.05, 3.63) is 41.7 Å². The highest BCUT2D eigenvalue weighted by Crippen LogP contribution is 2.31. The minimum atomic E-state index is -1.03. The van der Waals surface area contributed by atoms with E-state index < -0.39 is 17.7 Å². The molecule has 0 bridgehead atoms. The van der Waals surface area contributed by atoms with E-state index in [0.29, 0.717) is 42.6 Å². The predicted molar refractivity (Wildman–Crippen MR) is 140 cm³/mol. The van der Waals surface area contributed by atoms with E-state index in [-0.39, 0.29) is 30.4 Å². The van der Waals surface area contributed by atoms with E-state index in [2.05, 4.69) is 20.5 Å². The van der Waals surface area contributed by atoms with Crippen LogP contribution in [0.1, 0.15) is 45.1 Å². The van der Waals surface area contributed by atoms with Crippen molar-refractivity contribution >= 4 is 34.7 Å². The number of carbonyl (C=O) groups is 2. The Bertz CT molecular complexity index is 1240. The molecule has 0 aliphatic carbocycles. The predicted octanol–water partition coefficient (Wildman–Crippen LogP) is 4.64. The number of hydrogen-bond donors (Lipinski definition) is 3. The third kappa shape index (κ3) is 6.91. The number of fused-ring (bicyclic) bond motifs is 1. The first-order valence-corrected chi connectivity index (χ1v) is 12.8. The number of oxazole rings is 1. The summed E-state index contributed by atoms with van der Waals surface area (Å²) >= 11 is 0. The van der Waals surface area contributed by atoms with Gasteiger partial charge in [-0.25, -0.2) is 0 Å². The van der Waals surface area contributed by atoms with E-state index in [1.165, 1.54) is 0 Å². The number of carbonyl (C=O) groups excluding carboxylic acids is 1. The van der Waals surface area contributed by atoms with Gasteiger partial charge in [0.15, 0.2) is 17.1 Å². The summed E-state index contributed by atoms with van der Waals surface area (Å²) in [5.74, 6) is -1.48. The van der Waals surface area contributed by atoms with Crippen LogP contribution in [0.15, 0.2) is 34.7 Å². The van der Waals surface area contributed by atoms with Crippen molar-refractivity contribution in [1.29, 1.82) is 0 Å². The van der Waals surface area contributed by atoms with Crippen LogP contribution in [-0.2, 0) is 16.1 Å². The quantitative estimate of drug-likeness (QED) is 0.308. The monoisotopic (exact) mass is 528 g/mol. The minimum Gasteiger partial charge on any atom is -0.491 e. The largest absolute Gasteiger partial charge is 0.491 e. The molecule has 3 N–H and O–H groups in total. The lowest BCUT2D eigenvalue weighted by Gasteiger charge is -2.32. The number of nitrogens with one attached hydrogen (secondary N) is 2. The van der Waals surface area contributed by atoms with E-state index in [9.17, 15) is 14.0 Å². The zero-order valence-electron chi connectivity index (χ0n) is 21.6. The van der Waals surface area contributed by atoms with Crippen LogP contribution >= 0.6 is 0 Å². The minimum absolute atomic E-state index is 0.120. The van der Waals surface area contributed by atoms with E-state index in [1.807, 2.05) is 13.8 Å². The first-order valence-electron chi connectivity index (χ1n) is 12.8. The summed E-state index contributed by atoms with van der Waals surface area (Å²) in [6.45, 7) is 6.69. The van der Waals surface area contributed by atoms with Gasteiger partial charge in [0, 0.05) is 32.1 Å². The molecular weight excluding hydrogens is 495 g/mol. The van der Waals surface area contributed by atoms with Crippen LogP contribution in [0.25, 0.3) is 11.1 Å². The third-order valence-electron chi connectivity index (χ3n) is 6.25. The lowest BCUT2D eigenvalue weighted by Crippen LogP contribution is -2.38. The number of benzene rings is 2. The van der Waals surface area contributed by atoms with Crippen molar-refractivity contribution in [3.8, 4) is 11.5 Å². The molecule has 1 saturated heterocycles. The number of halogens is 1. The zero-order chi connectivity index (χ0) is 27.1. The molecular formula is C27H33FN4O6. The second kappa shape index (κ2) is 12.6. The highest BCUT2D eigenvalue weighted by atomic mass is 19.1. The van der Waals surface area contributed by atoms with Gasteiger partial charge < -0.3 is 29.6 Å². The molecule has 38 heavy (non-hydrogen) atoms. The van der Waals surface area contributed by atoms with Crippen molar-refractivity contribution in [2.75, 3.05) is 36.9 Å². The molecule has 0 radical (unpaired) electrons. The van der Waals surface area contributed by atoms with E-state index in [4.69, 9.17) is 19.0 Å². The van der Waals surface area contributed by atoms with Crippen LogP contribution in [-0.4, -0.2) is 59.2 Å². The molecule has 0 spiro atoms. The van der Waals surface area contributed by atoms with Crippen LogP contribution in [0, 0.1) is 5.82 Å². The third-order valence-corrected chi connectivity index (χ3v) is 6.25. The Kier molecular flexibility index (Phi) is 9.01. The molecule has 2 heterocycles. The number of likely N-dealkylation sites (tertiary alicyclic amines) is 1. The normalized spacial score (nSPS) is 14.4. The average molecular weight is 529 g/mol. The van der Waals surface area contributed by atoms with Gasteiger partial charge in [0.05, 0.1) is 25.3 Å². The molecule has 0 unspecified atom stereocenters. The number of nitrogens with zero attached hydrogens (tertiary/aromatic N) is 2. The van der Waals surface area contributed by atoms with E-state index in [1.54, 1.807) is 30.3 Å². The molecule has 10 nitrogen and oxygen atoms in total. The maximum Gasteiger partial charge on any atom is 0.303 e. The van der Waals surface area contributed by atoms with Crippen molar-refractivity contribution in [2.24, 2.45) is 0 Å². The summed E-state index contributed by atoms with van der Waals surface area (Å²) in [4.78, 5) is 29.6. The summed E-state index contributed by atoms with van der Waals surface area (Å²) in [6, 6.07) is 9.20. The molecule has 0 atom stereocenters. The van der Waals surface area contributed by atoms with Gasteiger partial charge in [0.2, 0.25) is 11.7 Å². The Morgan fingerprint density at radius 3 is 2.45 bits per heavy atom. The van der Waals surface area contributed by atoms with Gasteiger partial charge in [0.25, 0.3) is 6.01 Å². The number of carboxylic acid groups (broad SMARTS) is 1. The number of hydrogen-bond acceptors (Lipinski definition) is 8. The molecule has 1 aliphatic heterocycles. The fraction of sp³-hybridized carbons (Fsp3) is 0.444. The number of rotatable bonds is 12. The average Bonchev–Trinajstić information content (AvgIpc) is 3.30. The number of ether oxygens (including phenoxy) is 2. The summed E-state index contributed by atoms with van der Waals surface area (Å²) in [5, 5.41) is 14.8. The number of carboxylic acids is 1. The molecule has 1 aliphatic rings. The SMILES string of the molecule is CCOc1cc(CN2CCC(Nc3nc4c(NC(=O)CCC(=O)O)cccc4o3)CC2)cc(OCC)c1F. The van der Waals surface area contributed by atoms with Crippen LogP contribution in [0.5, 0.6) is 11.5 Å². The number of amides is 1. The highest BCUT2D eigenvalue weighted by Gasteiger charge is 2.23. The fourth-order valence-corrected chi connectivity index (χ4v) is 4.45. The van der Waals surface area contributed by atoms with Gasteiger partial charge in [-0.2, -0.15) is 9.37 Å². The van der Waals surface area contributed by atoms with Crippen molar-refractivity contribution in [3.63, 3.8) is 0 Å². The molecule has 4 rings (SSSR count). The topological polar surface area (TPSA) is 126 Å². The molecule has 0 saturated carbocycles. The summed E-state index contributed by atoms with van der Waals surface area (Å²) < 4.78 is 31.3. The Morgan fingerprint density at radius 2 is 1.82 bits per heavy atom. The Hall–Kier alpha value is -3.86. The molecule has 1 amide bonds. The lowest BCUT2D eigenvalue weighted by atomic mass is 10.0. The summed E-state index contributed by atoms with van der Waals surface area (Å²) in [7, 11) is 0. The van der Waals surface area contributed by atoms with Crippen LogP contribution in [0.2, 0.25) is 0 Å². The number of aromatic nitrogens is 1. The van der Waals surface area contributed by atoms with Crippen molar-refractivity contribution < 1.29 is 33.0 Å². The van der Waals surface area contributed by atoms with Crippen LogP contribution in [0.4, 0.5) is 16.1 Å². The van der Waals surface area contributed by atoms with Gasteiger partial charge in [0.1, 0.15) is 5.52 Å². The molecule has 3 aromatic rings. The summed E-state index contributed by atoms with van der Waals surface area (Å²) in [6.07, 6.45) is 1.35. The Morgan fingerprint density at radius 1 is 1.13 bits per heavy atom. The maximum absolute atomic E-state index is 14.6. The smallest absolute Gasteiger partial charge is 0.303 e. The first kappa shape index (κ1) is 27.2. The zero-order valence-corrected chi connectivity index (χ0v) is 21.6. The number of piperidine rings is 1. The second-order valence-electron chi connectivity index (χ2n) is 9.08. The number of anilines is 2. The molecule has 204 valence electrons. The van der Waals surface area contributed by atoms with Crippen molar-refractivity contribution in [1.82, 2.24) is 9.88 Å². The molecule has 2 aromatic carbocycles. The van der Waals surface area contributed by atoms with E-state index >= 15 is 0 Å². The highest BCUT2D eigenvalue weighted by molar-refractivity contribution is 6.00. The Labute approximate surface area is 220 Å². The molecule has 11 heteroatoms. The summed E-state index contributed by atoms with van der Waals surface area (Å²) in [5.41, 5.74) is 2.43. The number of aliphatic carboxylic acids is 1. The number of para-hydroxylation sites is 1. The van der Waals surface area contributed by atoms with Gasteiger partial charge in [-0.05, 0) is 56.5 Å². The van der Waals surface area contributed by atoms with Gasteiger partial charge >= 0.3 is 5.97 Å². The van der Waals surface area contributed by atoms with Gasteiger partial charge in [-0.3, -0.25) is 14.5 Å². The molecule has 1 aromatic heterocycles. The van der Waals surface area contributed by atoms with Gasteiger partial charge in [-0.15, -0.1) is 0 Å². The fourth-order valence-electron chi connectivity index (χ4n) is 4.45. The van der Waals surface area contributed by atoms with Crippen LogP contribution in [0.3, 0.4) is 0 Å². The van der Waals surface area contributed by atoms with Crippen molar-refractivity contribution in [2.45, 2.75) is 52.1 Å². The van der Waals surface area contributed by atoms with Gasteiger partial charge in [-0.1, -0.05) is 6.07 Å². The molecule has 1 fully saturated rings. The Balaban J connectivity index is 1.35.